The van der Waals surface area contributed by atoms with Gasteiger partial charge in [-0.25, -0.2) is 0 Å². The zero-order valence-corrected chi connectivity index (χ0v) is 11.9. The fraction of sp³-hybridized carbons (Fsp3) is 0.625. The molecule has 2 heteroatoms. The summed E-state index contributed by atoms with van der Waals surface area (Å²) in [6.07, 6.45) is 3.96. The van der Waals surface area contributed by atoms with Crippen molar-refractivity contribution in [3.8, 4) is 0 Å². The number of rotatable bonds is 4. The lowest BCUT2D eigenvalue weighted by Crippen LogP contribution is -2.44. The predicted molar refractivity (Wildman–Crippen MR) is 79.3 cm³/mol. The van der Waals surface area contributed by atoms with Gasteiger partial charge < -0.3 is 10.6 Å². The highest BCUT2D eigenvalue weighted by Crippen LogP contribution is 2.24. The van der Waals surface area contributed by atoms with Gasteiger partial charge in [0.1, 0.15) is 0 Å². The molecule has 0 aromatic heterocycles. The van der Waals surface area contributed by atoms with Gasteiger partial charge in [0, 0.05) is 24.3 Å². The molecule has 0 aliphatic carbocycles. The van der Waals surface area contributed by atoms with Crippen LogP contribution in [0.25, 0.3) is 0 Å². The Hall–Kier alpha value is -1.02. The lowest BCUT2D eigenvalue weighted by molar-refractivity contribution is 0.345. The molecule has 2 rings (SSSR count). The Morgan fingerprint density at radius 2 is 2.06 bits per heavy atom. The summed E-state index contributed by atoms with van der Waals surface area (Å²) < 4.78 is 0. The summed E-state index contributed by atoms with van der Waals surface area (Å²) in [5.74, 6) is 0.576. The maximum Gasteiger partial charge on any atom is 0.0375 e. The number of piperidine rings is 1. The Kier molecular flexibility index (Phi) is 4.65. The summed E-state index contributed by atoms with van der Waals surface area (Å²) in [5, 5.41) is 7.30. The molecule has 18 heavy (non-hydrogen) atoms. The Labute approximate surface area is 111 Å². The molecule has 0 saturated carbocycles. The number of para-hydroxylation sites is 1. The van der Waals surface area contributed by atoms with Crippen molar-refractivity contribution in [2.24, 2.45) is 0 Å². The number of hydrogen-bond donors (Lipinski definition) is 2. The Balaban J connectivity index is 1.93. The fourth-order valence-electron chi connectivity index (χ4n) is 2.80. The van der Waals surface area contributed by atoms with Gasteiger partial charge in [-0.05, 0) is 37.3 Å². The lowest BCUT2D eigenvalue weighted by Gasteiger charge is -2.29. The molecule has 1 saturated heterocycles. The quantitative estimate of drug-likeness (QED) is 0.845. The molecule has 1 heterocycles. The van der Waals surface area contributed by atoms with Crippen molar-refractivity contribution < 1.29 is 0 Å². The summed E-state index contributed by atoms with van der Waals surface area (Å²) >= 11 is 0. The molecule has 1 aliphatic heterocycles. The molecular formula is C16H26N2. The largest absolute Gasteiger partial charge is 0.383 e. The van der Waals surface area contributed by atoms with Crippen molar-refractivity contribution >= 4 is 5.69 Å². The summed E-state index contributed by atoms with van der Waals surface area (Å²) in [5.41, 5.74) is 2.72. The van der Waals surface area contributed by atoms with Crippen LogP contribution in [0, 0.1) is 0 Å². The first kappa shape index (κ1) is 13.4. The average Bonchev–Trinajstić information content (AvgIpc) is 2.37. The zero-order chi connectivity index (χ0) is 13.0. The van der Waals surface area contributed by atoms with E-state index < -0.39 is 0 Å². The molecule has 2 atom stereocenters. The minimum atomic E-state index is 0.576. The third-order valence-corrected chi connectivity index (χ3v) is 3.83. The molecule has 0 spiro atoms. The second-order valence-corrected chi connectivity index (χ2v) is 5.82. The molecule has 1 aliphatic rings. The normalized spacial score (nSPS) is 24.2. The van der Waals surface area contributed by atoms with Crippen molar-refractivity contribution in [1.29, 1.82) is 0 Å². The van der Waals surface area contributed by atoms with Crippen molar-refractivity contribution in [2.75, 3.05) is 11.9 Å². The second kappa shape index (κ2) is 6.24. The first-order chi connectivity index (χ1) is 8.66. The molecule has 1 fully saturated rings. The van der Waals surface area contributed by atoms with Crippen LogP contribution >= 0.6 is 0 Å². The predicted octanol–water partition coefficient (Wildman–Crippen LogP) is 3.75. The number of anilines is 1. The summed E-state index contributed by atoms with van der Waals surface area (Å²) in [4.78, 5) is 0. The van der Waals surface area contributed by atoms with E-state index in [0.717, 1.165) is 6.54 Å². The van der Waals surface area contributed by atoms with Gasteiger partial charge in [-0.15, -0.1) is 0 Å². The molecular weight excluding hydrogens is 220 g/mol. The molecule has 1 aromatic rings. The molecule has 1 aromatic carbocycles. The van der Waals surface area contributed by atoms with Crippen molar-refractivity contribution in [3.05, 3.63) is 29.8 Å². The maximum atomic E-state index is 3.67. The Bertz CT molecular complexity index is 373. The monoisotopic (exact) mass is 246 g/mol. The summed E-state index contributed by atoms with van der Waals surface area (Å²) in [7, 11) is 0. The van der Waals surface area contributed by atoms with Crippen LogP contribution in [0.1, 0.15) is 51.5 Å². The SMILES string of the molecule is CC1CCCC(CNc2ccccc2C(C)C)N1. The third-order valence-electron chi connectivity index (χ3n) is 3.83. The van der Waals surface area contributed by atoms with Crippen molar-refractivity contribution in [2.45, 2.75) is 58.0 Å². The van der Waals surface area contributed by atoms with Gasteiger partial charge in [-0.3, -0.25) is 0 Å². The van der Waals surface area contributed by atoms with Crippen LogP contribution in [0.3, 0.4) is 0 Å². The van der Waals surface area contributed by atoms with Gasteiger partial charge in [0.25, 0.3) is 0 Å². The van der Waals surface area contributed by atoms with Crippen LogP contribution in [0.5, 0.6) is 0 Å². The van der Waals surface area contributed by atoms with Crippen LogP contribution in [0.2, 0.25) is 0 Å². The van der Waals surface area contributed by atoms with E-state index in [9.17, 15) is 0 Å². The number of nitrogens with one attached hydrogen (secondary N) is 2. The van der Waals surface area contributed by atoms with Crippen molar-refractivity contribution in [3.63, 3.8) is 0 Å². The second-order valence-electron chi connectivity index (χ2n) is 5.82. The molecule has 2 nitrogen and oxygen atoms in total. The summed E-state index contributed by atoms with van der Waals surface area (Å²) in [6.45, 7) is 7.82. The summed E-state index contributed by atoms with van der Waals surface area (Å²) in [6, 6.07) is 9.96. The van der Waals surface area contributed by atoms with Crippen LogP contribution < -0.4 is 10.6 Å². The molecule has 2 N–H and O–H groups in total. The van der Waals surface area contributed by atoms with Gasteiger partial charge in [0.05, 0.1) is 0 Å². The van der Waals surface area contributed by atoms with Gasteiger partial charge in [-0.1, -0.05) is 38.5 Å². The first-order valence-electron chi connectivity index (χ1n) is 7.25. The smallest absolute Gasteiger partial charge is 0.0375 e. The van der Waals surface area contributed by atoms with Crippen LogP contribution in [0.15, 0.2) is 24.3 Å². The Morgan fingerprint density at radius 1 is 1.28 bits per heavy atom. The van der Waals surface area contributed by atoms with E-state index in [2.05, 4.69) is 55.7 Å². The first-order valence-corrected chi connectivity index (χ1v) is 7.25. The molecule has 0 radical (unpaired) electrons. The van der Waals surface area contributed by atoms with Crippen LogP contribution in [0.4, 0.5) is 5.69 Å². The van der Waals surface area contributed by atoms with E-state index in [1.54, 1.807) is 0 Å². The minimum Gasteiger partial charge on any atom is -0.383 e. The van der Waals surface area contributed by atoms with Gasteiger partial charge >= 0.3 is 0 Å². The standard InChI is InChI=1S/C16H26N2/c1-12(2)15-9-4-5-10-16(15)17-11-14-8-6-7-13(3)18-14/h4-5,9-10,12-14,17-18H,6-8,11H2,1-3H3. The van der Waals surface area contributed by atoms with E-state index in [4.69, 9.17) is 0 Å². The third kappa shape index (κ3) is 3.49. The lowest BCUT2D eigenvalue weighted by atomic mass is 9.98. The van der Waals surface area contributed by atoms with Gasteiger partial charge in [0.2, 0.25) is 0 Å². The number of hydrogen-bond acceptors (Lipinski definition) is 2. The highest BCUT2D eigenvalue weighted by molar-refractivity contribution is 5.52. The van der Waals surface area contributed by atoms with E-state index in [1.807, 2.05) is 0 Å². The van der Waals surface area contributed by atoms with E-state index in [1.165, 1.54) is 30.5 Å². The fourth-order valence-corrected chi connectivity index (χ4v) is 2.80. The van der Waals surface area contributed by atoms with E-state index in [-0.39, 0.29) is 0 Å². The zero-order valence-electron chi connectivity index (χ0n) is 11.9. The van der Waals surface area contributed by atoms with E-state index >= 15 is 0 Å². The average molecular weight is 246 g/mol. The van der Waals surface area contributed by atoms with E-state index in [0.29, 0.717) is 18.0 Å². The van der Waals surface area contributed by atoms with Gasteiger partial charge in [-0.2, -0.15) is 0 Å². The molecule has 2 unspecified atom stereocenters. The van der Waals surface area contributed by atoms with Crippen molar-refractivity contribution in [1.82, 2.24) is 5.32 Å². The maximum absolute atomic E-state index is 3.67. The Morgan fingerprint density at radius 3 is 2.78 bits per heavy atom. The minimum absolute atomic E-state index is 0.576. The van der Waals surface area contributed by atoms with Crippen LogP contribution in [-0.4, -0.2) is 18.6 Å². The molecule has 100 valence electrons. The number of benzene rings is 1. The highest BCUT2D eigenvalue weighted by Gasteiger charge is 2.17. The molecule has 0 bridgehead atoms. The highest BCUT2D eigenvalue weighted by atomic mass is 15.0. The topological polar surface area (TPSA) is 24.1 Å². The van der Waals surface area contributed by atoms with Crippen LogP contribution in [-0.2, 0) is 0 Å². The van der Waals surface area contributed by atoms with Gasteiger partial charge in [0.15, 0.2) is 0 Å². The molecule has 0 amide bonds.